The van der Waals surface area contributed by atoms with E-state index in [1.807, 2.05) is 73.7 Å². The van der Waals surface area contributed by atoms with Gasteiger partial charge in [0.2, 0.25) is 5.91 Å². The fraction of sp³-hybridized carbons (Fsp3) is 0.206. The first-order chi connectivity index (χ1) is 19.3. The number of rotatable bonds is 15. The first-order valence-electron chi connectivity index (χ1n) is 13.1. The van der Waals surface area contributed by atoms with Gasteiger partial charge < -0.3 is 10.5 Å². The highest BCUT2D eigenvalue weighted by atomic mass is 19.1. The Balaban J connectivity index is 2.46. The van der Waals surface area contributed by atoms with Crippen LogP contribution >= 0.6 is 0 Å². The summed E-state index contributed by atoms with van der Waals surface area (Å²) >= 11 is 0. The number of carbonyl (C=O) groups is 1. The third-order valence-corrected chi connectivity index (χ3v) is 6.12. The van der Waals surface area contributed by atoms with Gasteiger partial charge in [-0.15, -0.1) is 0 Å². The number of amidine groups is 1. The molecule has 0 saturated carbocycles. The number of hydrogen-bond donors (Lipinski definition) is 1. The second kappa shape index (κ2) is 17.1. The fourth-order valence-electron chi connectivity index (χ4n) is 4.01. The van der Waals surface area contributed by atoms with Gasteiger partial charge in [-0.2, -0.15) is 0 Å². The normalized spacial score (nSPS) is 13.2. The van der Waals surface area contributed by atoms with E-state index < -0.39 is 11.7 Å². The van der Waals surface area contributed by atoms with Crippen LogP contribution in [0.1, 0.15) is 31.7 Å². The van der Waals surface area contributed by atoms with Crippen molar-refractivity contribution in [3.8, 4) is 16.9 Å². The molecule has 2 N–H and O–H groups in total. The van der Waals surface area contributed by atoms with Gasteiger partial charge in [0.1, 0.15) is 11.6 Å². The number of ether oxygens (including phenoxy) is 1. The number of nitrogens with two attached hydrogens (primary N) is 1. The molecule has 2 aromatic carbocycles. The molecule has 0 radical (unpaired) electrons. The van der Waals surface area contributed by atoms with E-state index in [1.165, 1.54) is 6.08 Å². The van der Waals surface area contributed by atoms with Gasteiger partial charge in [0.25, 0.3) is 0 Å². The Morgan fingerprint density at radius 3 is 2.58 bits per heavy atom. The van der Waals surface area contributed by atoms with Crippen LogP contribution < -0.4 is 10.5 Å². The summed E-state index contributed by atoms with van der Waals surface area (Å²) in [5.41, 5.74) is 10.0. The molecule has 0 aliphatic heterocycles. The molecular weight excluding hydrogens is 501 g/mol. The number of amides is 1. The molecule has 40 heavy (non-hydrogen) atoms. The van der Waals surface area contributed by atoms with E-state index in [1.54, 1.807) is 25.3 Å². The molecule has 1 atom stereocenters. The first kappa shape index (κ1) is 31.6. The van der Waals surface area contributed by atoms with Crippen molar-refractivity contribution in [2.24, 2.45) is 21.6 Å². The number of allylic oxidation sites excluding steroid dienone is 8. The third-order valence-electron chi connectivity index (χ3n) is 6.12. The second-order valence-electron chi connectivity index (χ2n) is 8.99. The van der Waals surface area contributed by atoms with E-state index in [2.05, 4.69) is 24.9 Å². The van der Waals surface area contributed by atoms with Crippen LogP contribution in [0.15, 0.2) is 126 Å². The number of unbranched alkanes of at least 4 members (excludes halogenated alkanes) is 1. The van der Waals surface area contributed by atoms with E-state index in [0.29, 0.717) is 24.4 Å². The Kier molecular flexibility index (Phi) is 13.5. The number of aliphatic imine (C=N–C) groups is 2. The van der Waals surface area contributed by atoms with Crippen LogP contribution in [-0.4, -0.2) is 25.6 Å². The zero-order valence-electron chi connectivity index (χ0n) is 23.4. The van der Waals surface area contributed by atoms with Gasteiger partial charge in [-0.25, -0.2) is 14.4 Å². The van der Waals surface area contributed by atoms with Crippen LogP contribution in [0.4, 0.5) is 10.1 Å². The predicted molar refractivity (Wildman–Crippen MR) is 167 cm³/mol. The highest BCUT2D eigenvalue weighted by Crippen LogP contribution is 2.32. The highest BCUT2D eigenvalue weighted by molar-refractivity contribution is 6.04. The minimum Gasteiger partial charge on any atom is -0.497 e. The zero-order valence-corrected chi connectivity index (χ0v) is 23.4. The van der Waals surface area contributed by atoms with Crippen molar-refractivity contribution in [1.82, 2.24) is 0 Å². The molecule has 0 aliphatic rings. The molecule has 2 rings (SSSR count). The molecule has 208 valence electrons. The summed E-state index contributed by atoms with van der Waals surface area (Å²) in [6, 6.07) is 13.7. The highest BCUT2D eigenvalue weighted by Gasteiger charge is 2.19. The molecule has 1 unspecified atom stereocenters. The predicted octanol–water partition coefficient (Wildman–Crippen LogP) is 8.19. The molecule has 0 spiro atoms. The van der Waals surface area contributed by atoms with Crippen LogP contribution in [0.2, 0.25) is 0 Å². The van der Waals surface area contributed by atoms with Gasteiger partial charge >= 0.3 is 0 Å². The minimum absolute atomic E-state index is 0.374. The lowest BCUT2D eigenvalue weighted by molar-refractivity contribution is -0.122. The zero-order chi connectivity index (χ0) is 29.3. The van der Waals surface area contributed by atoms with Gasteiger partial charge in [-0.3, -0.25) is 4.79 Å². The largest absolute Gasteiger partial charge is 0.497 e. The molecule has 1 amide bonds. The summed E-state index contributed by atoms with van der Waals surface area (Å²) in [5, 5.41) is 0. The van der Waals surface area contributed by atoms with Crippen LogP contribution in [0.5, 0.6) is 5.75 Å². The van der Waals surface area contributed by atoms with Crippen molar-refractivity contribution >= 4 is 24.1 Å². The summed E-state index contributed by atoms with van der Waals surface area (Å²) in [6.45, 7) is 12.7. The summed E-state index contributed by atoms with van der Waals surface area (Å²) in [6.07, 6.45) is 16.4. The number of methoxy groups -OCH3 is 1. The first-order valence-corrected chi connectivity index (χ1v) is 13.1. The lowest BCUT2D eigenvalue weighted by atomic mass is 9.90. The lowest BCUT2D eigenvalue weighted by Gasteiger charge is -2.16. The van der Waals surface area contributed by atoms with Gasteiger partial charge in [-0.1, -0.05) is 73.9 Å². The van der Waals surface area contributed by atoms with Crippen molar-refractivity contribution in [2.75, 3.05) is 7.11 Å². The second-order valence-corrected chi connectivity index (χ2v) is 8.99. The quantitative estimate of drug-likeness (QED) is 0.107. The van der Waals surface area contributed by atoms with Crippen molar-refractivity contribution in [3.63, 3.8) is 0 Å². The average molecular weight is 540 g/mol. The number of hydrogen-bond acceptors (Lipinski definition) is 3. The monoisotopic (exact) mass is 539 g/mol. The number of benzene rings is 2. The maximum atomic E-state index is 12.7. The number of nitrogens with zero attached hydrogens (tertiary/aromatic N) is 2. The van der Waals surface area contributed by atoms with Crippen LogP contribution in [0, 0.1) is 5.92 Å². The Hall–Kier alpha value is -4.58. The van der Waals surface area contributed by atoms with Gasteiger partial charge in [-0.05, 0) is 86.4 Å². The van der Waals surface area contributed by atoms with Crippen LogP contribution in [0.3, 0.4) is 0 Å². The summed E-state index contributed by atoms with van der Waals surface area (Å²) in [4.78, 5) is 21.4. The van der Waals surface area contributed by atoms with E-state index in [9.17, 15) is 9.18 Å². The average Bonchev–Trinajstić information content (AvgIpc) is 2.95. The molecule has 6 heteroatoms. The van der Waals surface area contributed by atoms with Crippen molar-refractivity contribution in [3.05, 3.63) is 121 Å². The SMILES string of the molecule is C=C/C(=C\C=C/C)C(N=C)=Nc1ccc(-c2cccc(OC)c2)cc1CC(CCC/C=C\C=C/C(=C)F)C(N)=O. The van der Waals surface area contributed by atoms with Gasteiger partial charge in [0.15, 0.2) is 5.84 Å². The Morgan fingerprint density at radius 2 is 1.93 bits per heavy atom. The minimum atomic E-state index is -0.500. The van der Waals surface area contributed by atoms with E-state index in [-0.39, 0.29) is 5.91 Å². The molecule has 0 aliphatic carbocycles. The van der Waals surface area contributed by atoms with Crippen molar-refractivity contribution in [1.29, 1.82) is 0 Å². The summed E-state index contributed by atoms with van der Waals surface area (Å²) in [7, 11) is 1.63. The summed E-state index contributed by atoms with van der Waals surface area (Å²) in [5.74, 6) is -0.103. The van der Waals surface area contributed by atoms with Gasteiger partial charge in [0.05, 0.1) is 12.8 Å². The van der Waals surface area contributed by atoms with Crippen molar-refractivity contribution < 1.29 is 13.9 Å². The third kappa shape index (κ3) is 10.3. The van der Waals surface area contributed by atoms with Crippen LogP contribution in [-0.2, 0) is 11.2 Å². The Labute approximate surface area is 237 Å². The number of carbonyl (C=O) groups excluding carboxylic acids is 1. The summed E-state index contributed by atoms with van der Waals surface area (Å²) < 4.78 is 18.1. The maximum Gasteiger partial charge on any atom is 0.220 e. The smallest absolute Gasteiger partial charge is 0.220 e. The maximum absolute atomic E-state index is 12.7. The lowest BCUT2D eigenvalue weighted by Crippen LogP contribution is -2.25. The Bertz CT molecular complexity index is 1350. The molecule has 0 aromatic heterocycles. The number of primary amides is 1. The number of halogens is 1. The molecule has 0 bridgehead atoms. The standard InChI is InChI=1S/C34H38FN3O2/c1-6-8-16-26(7-2)34(37-4)38-32-21-20-28(27-18-14-19-31(24-27)40-5)22-30(32)23-29(33(36)39)17-13-11-9-10-12-15-25(3)35/h6-10,12,14-16,18-22,24,29H,2-4,11,13,17,23H2,1,5H3,(H2,36,39)/b8-6-,10-9-,15-12-,26-16+,38-34?. The molecule has 2 aromatic rings. The molecular formula is C34H38FN3O2. The van der Waals surface area contributed by atoms with Crippen molar-refractivity contribution in [2.45, 2.75) is 32.6 Å². The van der Waals surface area contributed by atoms with Crippen LogP contribution in [0.25, 0.3) is 11.1 Å². The Morgan fingerprint density at radius 1 is 1.15 bits per heavy atom. The molecule has 5 nitrogen and oxygen atoms in total. The molecule has 0 saturated heterocycles. The molecule has 0 heterocycles. The van der Waals surface area contributed by atoms with E-state index in [4.69, 9.17) is 15.5 Å². The fourth-order valence-corrected chi connectivity index (χ4v) is 4.01. The molecule has 0 fully saturated rings. The van der Waals surface area contributed by atoms with E-state index >= 15 is 0 Å². The van der Waals surface area contributed by atoms with E-state index in [0.717, 1.165) is 40.9 Å². The topological polar surface area (TPSA) is 77.0 Å². The van der Waals surface area contributed by atoms with Gasteiger partial charge in [0, 0.05) is 11.5 Å².